The summed E-state index contributed by atoms with van der Waals surface area (Å²) < 4.78 is 30.5. The lowest BCUT2D eigenvalue weighted by Crippen LogP contribution is -2.34. The molecule has 2 heterocycles. The molecule has 0 N–H and O–H groups in total. The fraction of sp³-hybridized carbons (Fsp3) is 0.0714. The quantitative estimate of drug-likeness (QED) is 0.0915. The molecule has 0 saturated carbocycles. The third-order valence-corrected chi connectivity index (χ3v) is 18.0. The van der Waals surface area contributed by atoms with E-state index in [-0.39, 0.29) is 45.2 Å². The number of carbonyl (C=O) groups excluding carboxylic acids is 4. The molecule has 0 spiro atoms. The van der Waals surface area contributed by atoms with Crippen LogP contribution in [-0.2, 0) is 25.0 Å². The third kappa shape index (κ3) is 12.2. The molecule has 0 radical (unpaired) electrons. The summed E-state index contributed by atoms with van der Waals surface area (Å²) in [6.45, 7) is 0. The number of para-hydroxylation sites is 4. The zero-order valence-corrected chi connectivity index (χ0v) is 54.9. The fourth-order valence-corrected chi connectivity index (χ4v) is 16.2. The summed E-state index contributed by atoms with van der Waals surface area (Å²) in [5, 5.41) is 0. The summed E-state index contributed by atoms with van der Waals surface area (Å²) in [4.78, 5) is 72.6. The van der Waals surface area contributed by atoms with Gasteiger partial charge in [0.1, 0.15) is 75.6 Å². The molecule has 6 aromatic carbocycles. The molecule has 12 nitrogen and oxygen atoms in total. The minimum atomic E-state index is -2.11. The molecule has 5 aliphatic rings. The third-order valence-electron chi connectivity index (χ3n) is 14.5. The van der Waals surface area contributed by atoms with Crippen molar-refractivity contribution in [3.05, 3.63) is 308 Å². The number of aliphatic imine (C=N–C) groups is 2. The molecule has 0 saturated heterocycles. The number of allylic oxidation sites excluding steroid dienone is 16. The maximum absolute atomic E-state index is 14.0. The van der Waals surface area contributed by atoms with Crippen molar-refractivity contribution in [2.45, 2.75) is 17.6 Å². The molecule has 430 valence electrons. The Labute approximate surface area is 555 Å². The summed E-state index contributed by atoms with van der Waals surface area (Å²) >= 11 is 23.2. The van der Waals surface area contributed by atoms with Gasteiger partial charge in [0.05, 0.1) is 74.3 Å². The molecular weight excluding hydrogens is 1500 g/mol. The lowest BCUT2D eigenvalue weighted by Gasteiger charge is -2.34. The summed E-state index contributed by atoms with van der Waals surface area (Å²) in [5.74, 6) is 6.42. The maximum Gasteiger partial charge on any atom is 0.263 e. The maximum atomic E-state index is 14.0. The van der Waals surface area contributed by atoms with Gasteiger partial charge >= 0.3 is 0 Å². The zero-order chi connectivity index (χ0) is 61.1. The van der Waals surface area contributed by atoms with Gasteiger partial charge < -0.3 is 18.9 Å². The van der Waals surface area contributed by atoms with E-state index in [1.165, 1.54) is 0 Å². The summed E-state index contributed by atoms with van der Waals surface area (Å²) in [6.07, 6.45) is 20.6. The lowest BCUT2D eigenvalue weighted by molar-refractivity contribution is 0.384. The van der Waals surface area contributed by atoms with Crippen molar-refractivity contribution in [1.82, 2.24) is 9.55 Å². The minimum absolute atomic E-state index is 0.113. The largest absolute Gasteiger partial charge is 0.457 e. The van der Waals surface area contributed by atoms with E-state index in [0.29, 0.717) is 89.7 Å². The van der Waals surface area contributed by atoms with Gasteiger partial charge in [0.15, 0.2) is 0 Å². The zero-order valence-electron chi connectivity index (χ0n) is 45.4. The van der Waals surface area contributed by atoms with Gasteiger partial charge in [-0.1, -0.05) is 161 Å². The van der Waals surface area contributed by atoms with Gasteiger partial charge in [-0.25, -0.2) is 34.1 Å². The van der Waals surface area contributed by atoms with E-state index in [1.54, 1.807) is 121 Å². The van der Waals surface area contributed by atoms with Crippen molar-refractivity contribution in [2.24, 2.45) is 21.8 Å². The Kier molecular flexibility index (Phi) is 17.8. The molecule has 4 atom stereocenters. The Morgan fingerprint density at radius 1 is 0.409 bits per heavy atom. The van der Waals surface area contributed by atoms with Crippen LogP contribution in [0, 0.1) is 11.8 Å². The van der Waals surface area contributed by atoms with Crippen molar-refractivity contribution in [3.63, 3.8) is 0 Å². The second kappa shape index (κ2) is 26.2. The van der Waals surface area contributed by atoms with Gasteiger partial charge in [-0.05, 0) is 153 Å². The number of hydrogen-bond acceptors (Lipinski definition) is 11. The van der Waals surface area contributed by atoms with Crippen LogP contribution in [0.2, 0.25) is 0 Å². The monoisotopic (exact) mass is 1540 g/mol. The van der Waals surface area contributed by atoms with Gasteiger partial charge in [0.2, 0.25) is 0 Å². The van der Waals surface area contributed by atoms with Crippen LogP contribution < -0.4 is 18.9 Å². The molecule has 4 aliphatic carbocycles. The molecule has 1 aromatic heterocycles. The Hall–Kier alpha value is -8.33. The molecule has 12 rings (SSSR count). The van der Waals surface area contributed by atoms with E-state index in [0.717, 1.165) is 0 Å². The number of aromatic nitrogens is 2. The van der Waals surface area contributed by atoms with Crippen molar-refractivity contribution in [2.75, 3.05) is 0 Å². The first-order valence-corrected chi connectivity index (χ1v) is 31.7. The standard InChI is InChI=1S/C70H40Br6N4O8/c71-45-33-59(73)63(60(74)34-45)69-77-67(57-27-23-53(31-43(57)39-83)87-49-17-9-3-10-18-49)68(58-28-24-54(32-44(58)40-84)88-50-19-11-4-12-20-50)80(69)70(64-61(75)35-46(72)36-62(64)76)78-65(55-25-21-51(29-41(55)37-81)85-47-13-5-1-6-14-47)66(79-70)56-26-22-52(30-42(56)38-82)86-48-15-7-2-8-16-48/h1-36,55-58H. The molecule has 88 heavy (non-hydrogen) atoms. The highest BCUT2D eigenvalue weighted by atomic mass is 79.9. The van der Waals surface area contributed by atoms with Crippen LogP contribution in [0.3, 0.4) is 0 Å². The van der Waals surface area contributed by atoms with Crippen molar-refractivity contribution in [1.29, 1.82) is 0 Å². The van der Waals surface area contributed by atoms with E-state index >= 15 is 0 Å². The number of benzene rings is 6. The van der Waals surface area contributed by atoms with E-state index in [4.69, 9.17) is 33.9 Å². The number of halogens is 6. The second-order valence-corrected chi connectivity index (χ2v) is 25.3. The van der Waals surface area contributed by atoms with E-state index in [1.807, 2.05) is 102 Å². The lowest BCUT2D eigenvalue weighted by atomic mass is 9.81. The van der Waals surface area contributed by atoms with Crippen molar-refractivity contribution < 1.29 is 38.1 Å². The highest BCUT2D eigenvalue weighted by molar-refractivity contribution is 9.12. The fourth-order valence-electron chi connectivity index (χ4n) is 10.8. The number of rotatable bonds is 15. The Morgan fingerprint density at radius 2 is 0.727 bits per heavy atom. The predicted octanol–water partition coefficient (Wildman–Crippen LogP) is 17.2. The van der Waals surface area contributed by atoms with E-state index < -0.39 is 29.5 Å². The first-order chi connectivity index (χ1) is 42.8. The van der Waals surface area contributed by atoms with Crippen LogP contribution in [0.4, 0.5) is 0 Å². The summed E-state index contributed by atoms with van der Waals surface area (Å²) in [6, 6.07) is 44.0. The smallest absolute Gasteiger partial charge is 0.263 e. The Bertz CT molecular complexity index is 4400. The minimum Gasteiger partial charge on any atom is -0.457 e. The van der Waals surface area contributed by atoms with E-state index in [2.05, 4.69) is 119 Å². The second-order valence-electron chi connectivity index (χ2n) is 20.1. The van der Waals surface area contributed by atoms with E-state index in [9.17, 15) is 19.2 Å². The van der Waals surface area contributed by atoms with Crippen LogP contribution >= 0.6 is 95.6 Å². The number of imidazole rings is 1. The molecule has 0 bridgehead atoms. The molecule has 0 fully saturated rings. The van der Waals surface area contributed by atoms with Crippen LogP contribution in [0.1, 0.15) is 28.8 Å². The number of nitrogens with zero attached hydrogens (tertiary/aromatic N) is 4. The predicted molar refractivity (Wildman–Crippen MR) is 359 cm³/mol. The van der Waals surface area contributed by atoms with Crippen molar-refractivity contribution >= 4 is 131 Å². The van der Waals surface area contributed by atoms with Gasteiger partial charge in [-0.15, -0.1) is 0 Å². The average Bonchev–Trinajstić information content (AvgIpc) is 1.53. The van der Waals surface area contributed by atoms with Gasteiger partial charge in [-0.2, -0.15) is 0 Å². The SMILES string of the molecule is O=C=C1C=C(Oc2ccccc2)C=CC1C1=NC(c2c(Br)cc(Br)cc2Br)(n2c(-c3c(Br)cc(Br)cc3Br)nc(C3C=CC(Oc4ccccc4)=CC3=C=O)c2C2C=CC(Oc3ccccc3)=CC2=C=O)N=C1C1C=CC(Oc2ccccc2)=CC1=C=O. The summed E-state index contributed by atoms with van der Waals surface area (Å²) in [7, 11) is 0. The summed E-state index contributed by atoms with van der Waals surface area (Å²) in [5.41, 5.74) is 2.46. The van der Waals surface area contributed by atoms with Crippen molar-refractivity contribution in [3.8, 4) is 34.4 Å². The molecule has 18 heteroatoms. The Balaban J connectivity index is 1.18. The van der Waals surface area contributed by atoms with Crippen LogP contribution in [-0.4, -0.2) is 44.7 Å². The van der Waals surface area contributed by atoms with Crippen LogP contribution in [0.15, 0.2) is 301 Å². The van der Waals surface area contributed by atoms with Gasteiger partial charge in [0.25, 0.3) is 5.79 Å². The highest BCUT2D eigenvalue weighted by Gasteiger charge is 2.51. The molecule has 1 aliphatic heterocycles. The number of ether oxygens (including phenoxy) is 4. The molecule has 0 amide bonds. The molecule has 7 aromatic rings. The van der Waals surface area contributed by atoms with Gasteiger partial charge in [-0.3, -0.25) is 4.57 Å². The molecule has 4 unspecified atom stereocenters. The molecular formula is C70H40Br6N4O8. The van der Waals surface area contributed by atoms with Crippen LogP contribution in [0.5, 0.6) is 23.0 Å². The normalized spacial score (nSPS) is 20.1. The first-order valence-electron chi connectivity index (χ1n) is 27.0. The first kappa shape index (κ1) is 60.0. The topological polar surface area (TPSA) is 148 Å². The van der Waals surface area contributed by atoms with Gasteiger partial charge in [0, 0.05) is 32.4 Å². The average molecular weight is 1540 g/mol. The van der Waals surface area contributed by atoms with Crippen LogP contribution in [0.25, 0.3) is 11.4 Å². The Morgan fingerprint density at radius 3 is 1.09 bits per heavy atom. The highest BCUT2D eigenvalue weighted by Crippen LogP contribution is 2.54. The number of hydrogen-bond donors (Lipinski definition) is 0.